The molecular formula is C14H22. The molecule has 0 aliphatic heterocycles. The fourth-order valence-corrected chi connectivity index (χ4v) is 2.73. The van der Waals surface area contributed by atoms with Crippen LogP contribution < -0.4 is 0 Å². The molecule has 0 radical (unpaired) electrons. The first-order chi connectivity index (χ1) is 6.97. The van der Waals surface area contributed by atoms with Crippen LogP contribution in [0.1, 0.15) is 51.4 Å². The van der Waals surface area contributed by atoms with Crippen molar-refractivity contribution in [2.45, 2.75) is 51.4 Å². The number of hydrogen-bond acceptors (Lipinski definition) is 0. The lowest BCUT2D eigenvalue weighted by Crippen LogP contribution is -2.09. The summed E-state index contributed by atoms with van der Waals surface area (Å²) in [7, 11) is 0. The summed E-state index contributed by atoms with van der Waals surface area (Å²) in [6.07, 6.45) is 21.0. The second kappa shape index (κ2) is 5.38. The molecule has 0 amide bonds. The first kappa shape index (κ1) is 10.0. The Labute approximate surface area is 88.1 Å². The van der Waals surface area contributed by atoms with Gasteiger partial charge in [0.25, 0.3) is 0 Å². The van der Waals surface area contributed by atoms with Gasteiger partial charge in [0, 0.05) is 0 Å². The van der Waals surface area contributed by atoms with E-state index in [1.807, 2.05) is 0 Å². The largest absolute Gasteiger partial charge is 0.0882 e. The van der Waals surface area contributed by atoms with Gasteiger partial charge in [-0.1, -0.05) is 37.1 Å². The molecule has 0 nitrogen and oxygen atoms in total. The van der Waals surface area contributed by atoms with Gasteiger partial charge in [-0.05, 0) is 50.4 Å². The van der Waals surface area contributed by atoms with Crippen LogP contribution in [0.4, 0.5) is 0 Å². The lowest BCUT2D eigenvalue weighted by atomic mass is 9.85. The highest BCUT2D eigenvalue weighted by molar-refractivity contribution is 5.02. The van der Waals surface area contributed by atoms with Gasteiger partial charge in [-0.3, -0.25) is 0 Å². The lowest BCUT2D eigenvalue weighted by molar-refractivity contribution is 0.406. The third-order valence-electron chi connectivity index (χ3n) is 3.63. The topological polar surface area (TPSA) is 0 Å². The molecule has 0 saturated carbocycles. The minimum Gasteiger partial charge on any atom is -0.0882 e. The summed E-state index contributed by atoms with van der Waals surface area (Å²) in [5.74, 6) is 1.71. The fraction of sp³-hybridized carbons (Fsp3) is 0.714. The molecule has 0 heterocycles. The summed E-state index contributed by atoms with van der Waals surface area (Å²) in [5, 5.41) is 0. The highest BCUT2D eigenvalue weighted by atomic mass is 14.2. The number of rotatable bonds is 1. The third-order valence-corrected chi connectivity index (χ3v) is 3.63. The zero-order valence-electron chi connectivity index (χ0n) is 9.12. The van der Waals surface area contributed by atoms with Gasteiger partial charge in [0.2, 0.25) is 0 Å². The van der Waals surface area contributed by atoms with Crippen LogP contribution in [0.5, 0.6) is 0 Å². The van der Waals surface area contributed by atoms with Gasteiger partial charge < -0.3 is 0 Å². The van der Waals surface area contributed by atoms with Gasteiger partial charge in [-0.25, -0.2) is 0 Å². The van der Waals surface area contributed by atoms with E-state index in [2.05, 4.69) is 24.3 Å². The molecule has 2 rings (SSSR count). The van der Waals surface area contributed by atoms with Crippen molar-refractivity contribution in [3.63, 3.8) is 0 Å². The van der Waals surface area contributed by atoms with E-state index in [-0.39, 0.29) is 0 Å². The summed E-state index contributed by atoms with van der Waals surface area (Å²) in [6.45, 7) is 0. The number of allylic oxidation sites excluding steroid dienone is 4. The van der Waals surface area contributed by atoms with E-state index in [0.29, 0.717) is 0 Å². The van der Waals surface area contributed by atoms with E-state index in [0.717, 1.165) is 11.8 Å². The van der Waals surface area contributed by atoms with Gasteiger partial charge in [0.05, 0.1) is 0 Å². The van der Waals surface area contributed by atoms with Crippen LogP contribution in [0.25, 0.3) is 0 Å². The summed E-state index contributed by atoms with van der Waals surface area (Å²) < 4.78 is 0. The highest BCUT2D eigenvalue weighted by Crippen LogP contribution is 2.30. The van der Waals surface area contributed by atoms with E-state index in [4.69, 9.17) is 0 Å². The molecule has 2 unspecified atom stereocenters. The molecule has 0 N–H and O–H groups in total. The Kier molecular flexibility index (Phi) is 3.85. The minimum atomic E-state index is 0.854. The van der Waals surface area contributed by atoms with Crippen LogP contribution in [0.2, 0.25) is 0 Å². The quantitative estimate of drug-likeness (QED) is 0.535. The Bertz CT molecular complexity index is 188. The van der Waals surface area contributed by atoms with Gasteiger partial charge in [0.1, 0.15) is 0 Å². The zero-order valence-corrected chi connectivity index (χ0v) is 9.12. The normalized spacial score (nSPS) is 33.7. The van der Waals surface area contributed by atoms with Gasteiger partial charge in [-0.15, -0.1) is 0 Å². The molecule has 2 aliphatic rings. The number of hydrogen-bond donors (Lipinski definition) is 0. The minimum absolute atomic E-state index is 0.854. The van der Waals surface area contributed by atoms with E-state index in [9.17, 15) is 0 Å². The van der Waals surface area contributed by atoms with Crippen LogP contribution in [-0.2, 0) is 0 Å². The molecule has 0 aromatic rings. The first-order valence-corrected chi connectivity index (χ1v) is 6.30. The van der Waals surface area contributed by atoms with E-state index < -0.39 is 0 Å². The van der Waals surface area contributed by atoms with Crippen molar-refractivity contribution in [2.24, 2.45) is 11.8 Å². The SMILES string of the molecule is C1=CC(C2C=CCCCC2)CCCC1. The van der Waals surface area contributed by atoms with Gasteiger partial charge >= 0.3 is 0 Å². The standard InChI is InChI=1S/C14H22/c1-2-6-10-13(9-5-1)14-11-7-3-4-8-12-14/h5,7,9,11,13-14H,1-4,6,8,10,12H2. The smallest absolute Gasteiger partial charge is 0.0171 e. The molecule has 0 bridgehead atoms. The van der Waals surface area contributed by atoms with Crippen molar-refractivity contribution in [2.75, 3.05) is 0 Å². The van der Waals surface area contributed by atoms with Crippen molar-refractivity contribution in [1.29, 1.82) is 0 Å². The summed E-state index contributed by atoms with van der Waals surface area (Å²) >= 11 is 0. The van der Waals surface area contributed by atoms with Crippen molar-refractivity contribution in [1.82, 2.24) is 0 Å². The lowest BCUT2D eigenvalue weighted by Gasteiger charge is -2.19. The van der Waals surface area contributed by atoms with Crippen molar-refractivity contribution in [3.8, 4) is 0 Å². The molecule has 0 saturated heterocycles. The maximum absolute atomic E-state index is 2.49. The van der Waals surface area contributed by atoms with Crippen LogP contribution in [0.3, 0.4) is 0 Å². The second-order valence-corrected chi connectivity index (χ2v) is 4.75. The van der Waals surface area contributed by atoms with Crippen LogP contribution in [0.15, 0.2) is 24.3 Å². The Hall–Kier alpha value is -0.520. The average Bonchev–Trinajstić information content (AvgIpc) is 2.62. The highest BCUT2D eigenvalue weighted by Gasteiger charge is 2.18. The monoisotopic (exact) mass is 190 g/mol. The fourth-order valence-electron chi connectivity index (χ4n) is 2.73. The summed E-state index contributed by atoms with van der Waals surface area (Å²) in [4.78, 5) is 0. The van der Waals surface area contributed by atoms with Crippen LogP contribution in [0, 0.1) is 11.8 Å². The Morgan fingerprint density at radius 3 is 1.64 bits per heavy atom. The van der Waals surface area contributed by atoms with Gasteiger partial charge in [-0.2, -0.15) is 0 Å². The van der Waals surface area contributed by atoms with Crippen molar-refractivity contribution in [3.05, 3.63) is 24.3 Å². The second-order valence-electron chi connectivity index (χ2n) is 4.75. The van der Waals surface area contributed by atoms with E-state index in [1.54, 1.807) is 0 Å². The average molecular weight is 190 g/mol. The third kappa shape index (κ3) is 2.73. The van der Waals surface area contributed by atoms with Crippen LogP contribution in [-0.4, -0.2) is 0 Å². The molecule has 0 heteroatoms. The Morgan fingerprint density at radius 2 is 1.14 bits per heavy atom. The van der Waals surface area contributed by atoms with Crippen molar-refractivity contribution >= 4 is 0 Å². The summed E-state index contributed by atoms with van der Waals surface area (Å²) in [5.41, 5.74) is 0. The predicted octanol–water partition coefficient (Wildman–Crippen LogP) is 4.48. The molecule has 0 fully saturated rings. The zero-order chi connectivity index (χ0) is 9.64. The molecular weight excluding hydrogens is 168 g/mol. The Morgan fingerprint density at radius 1 is 0.643 bits per heavy atom. The van der Waals surface area contributed by atoms with Gasteiger partial charge in [0.15, 0.2) is 0 Å². The molecule has 0 aromatic heterocycles. The maximum Gasteiger partial charge on any atom is -0.0171 e. The van der Waals surface area contributed by atoms with Crippen molar-refractivity contribution < 1.29 is 0 Å². The molecule has 0 spiro atoms. The molecule has 2 atom stereocenters. The van der Waals surface area contributed by atoms with Crippen LogP contribution >= 0.6 is 0 Å². The Balaban J connectivity index is 1.96. The molecule has 14 heavy (non-hydrogen) atoms. The summed E-state index contributed by atoms with van der Waals surface area (Å²) in [6, 6.07) is 0. The maximum atomic E-state index is 2.49. The molecule has 78 valence electrons. The first-order valence-electron chi connectivity index (χ1n) is 6.30. The van der Waals surface area contributed by atoms with E-state index >= 15 is 0 Å². The predicted molar refractivity (Wildman–Crippen MR) is 62.2 cm³/mol. The molecule has 0 aromatic carbocycles. The van der Waals surface area contributed by atoms with E-state index in [1.165, 1.54) is 51.4 Å². The molecule has 2 aliphatic carbocycles.